The molecule has 0 radical (unpaired) electrons. The van der Waals surface area contributed by atoms with E-state index in [-0.39, 0.29) is 6.61 Å². The number of hydrogen-bond donors (Lipinski definition) is 2. The van der Waals surface area contributed by atoms with E-state index in [2.05, 4.69) is 10.6 Å². The van der Waals surface area contributed by atoms with Crippen LogP contribution in [0.1, 0.15) is 23.7 Å². The highest BCUT2D eigenvalue weighted by Crippen LogP contribution is 2.23. The summed E-state index contributed by atoms with van der Waals surface area (Å²) in [5.74, 6) is 0.138. The lowest BCUT2D eigenvalue weighted by Crippen LogP contribution is -2.31. The van der Waals surface area contributed by atoms with Gasteiger partial charge in [0.05, 0.1) is 29.5 Å². The quantitative estimate of drug-likeness (QED) is 0.537. The van der Waals surface area contributed by atoms with Gasteiger partial charge in [0, 0.05) is 6.54 Å². The Labute approximate surface area is 157 Å². The highest BCUT2D eigenvalue weighted by Gasteiger charge is 2.13. The van der Waals surface area contributed by atoms with Gasteiger partial charge in [-0.05, 0) is 37.6 Å². The molecule has 2 aromatic rings. The zero-order valence-electron chi connectivity index (χ0n) is 14.5. The molecule has 2 N–H and O–H groups in total. The van der Waals surface area contributed by atoms with E-state index in [4.69, 9.17) is 21.1 Å². The number of hydrogen-bond acceptors (Lipinski definition) is 4. The molecule has 2 aromatic carbocycles. The number of nitrogens with one attached hydrogen (secondary N) is 2. The maximum Gasteiger partial charge on any atom is 0.340 e. The molecule has 0 spiro atoms. The van der Waals surface area contributed by atoms with Gasteiger partial charge in [-0.1, -0.05) is 35.9 Å². The summed E-state index contributed by atoms with van der Waals surface area (Å²) in [4.78, 5) is 23.9. The minimum absolute atomic E-state index is 0.269. The summed E-state index contributed by atoms with van der Waals surface area (Å²) in [6.07, 6.45) is 0.609. The number of para-hydroxylation sites is 2. The van der Waals surface area contributed by atoms with Crippen LogP contribution in [0.15, 0.2) is 48.5 Å². The fourth-order valence-electron chi connectivity index (χ4n) is 2.16. The first-order valence-electron chi connectivity index (χ1n) is 8.30. The van der Waals surface area contributed by atoms with Gasteiger partial charge in [-0.3, -0.25) is 0 Å². The second-order valence-corrected chi connectivity index (χ2v) is 5.69. The summed E-state index contributed by atoms with van der Waals surface area (Å²) in [6, 6.07) is 13.5. The Kier molecular flexibility index (Phi) is 7.76. The van der Waals surface area contributed by atoms with Crippen LogP contribution >= 0.6 is 11.6 Å². The Morgan fingerprint density at radius 2 is 1.81 bits per heavy atom. The second kappa shape index (κ2) is 10.3. The second-order valence-electron chi connectivity index (χ2n) is 5.28. The number of esters is 1. The molecule has 138 valence electrons. The first kappa shape index (κ1) is 19.6. The van der Waals surface area contributed by atoms with Gasteiger partial charge in [-0.25, -0.2) is 9.59 Å². The lowest BCUT2D eigenvalue weighted by Gasteiger charge is -2.12. The van der Waals surface area contributed by atoms with Crippen LogP contribution < -0.4 is 15.4 Å². The highest BCUT2D eigenvalue weighted by molar-refractivity contribution is 6.32. The minimum Gasteiger partial charge on any atom is -0.492 e. The largest absolute Gasteiger partial charge is 0.492 e. The Bertz CT molecular complexity index is 752. The monoisotopic (exact) mass is 376 g/mol. The van der Waals surface area contributed by atoms with Crippen LogP contribution in [0.3, 0.4) is 0 Å². The number of anilines is 1. The molecular formula is C19H21ClN2O4. The number of ether oxygens (including phenoxy) is 2. The van der Waals surface area contributed by atoms with Crippen molar-refractivity contribution in [2.45, 2.75) is 13.3 Å². The van der Waals surface area contributed by atoms with E-state index in [9.17, 15) is 9.59 Å². The van der Waals surface area contributed by atoms with Crippen LogP contribution in [0.2, 0.25) is 5.02 Å². The Morgan fingerprint density at radius 1 is 1.08 bits per heavy atom. The van der Waals surface area contributed by atoms with Crippen molar-refractivity contribution in [1.29, 1.82) is 0 Å². The minimum atomic E-state index is -0.475. The summed E-state index contributed by atoms with van der Waals surface area (Å²) in [6.45, 7) is 2.83. The molecule has 0 bridgehead atoms. The van der Waals surface area contributed by atoms with E-state index in [1.54, 1.807) is 43.3 Å². The highest BCUT2D eigenvalue weighted by atomic mass is 35.5. The number of benzene rings is 2. The number of urea groups is 1. The van der Waals surface area contributed by atoms with E-state index in [1.165, 1.54) is 0 Å². The summed E-state index contributed by atoms with van der Waals surface area (Å²) < 4.78 is 10.5. The van der Waals surface area contributed by atoms with Gasteiger partial charge >= 0.3 is 12.0 Å². The van der Waals surface area contributed by atoms with Crippen molar-refractivity contribution >= 4 is 29.3 Å². The van der Waals surface area contributed by atoms with Crippen LogP contribution in [0.25, 0.3) is 0 Å². The van der Waals surface area contributed by atoms with Crippen molar-refractivity contribution in [1.82, 2.24) is 5.32 Å². The van der Waals surface area contributed by atoms with E-state index < -0.39 is 12.0 Å². The molecule has 26 heavy (non-hydrogen) atoms. The maximum atomic E-state index is 12.0. The van der Waals surface area contributed by atoms with Gasteiger partial charge in [0.1, 0.15) is 5.75 Å². The average molecular weight is 377 g/mol. The van der Waals surface area contributed by atoms with Crippen molar-refractivity contribution in [3.63, 3.8) is 0 Å². The average Bonchev–Trinajstić information content (AvgIpc) is 2.63. The molecule has 7 heteroatoms. The molecule has 6 nitrogen and oxygen atoms in total. The van der Waals surface area contributed by atoms with Crippen LogP contribution in [-0.4, -0.2) is 31.8 Å². The summed E-state index contributed by atoms with van der Waals surface area (Å²) >= 11 is 6.00. The van der Waals surface area contributed by atoms with Crippen molar-refractivity contribution in [3.8, 4) is 5.75 Å². The maximum absolute atomic E-state index is 12.0. The third kappa shape index (κ3) is 5.97. The topological polar surface area (TPSA) is 76.7 Å². The van der Waals surface area contributed by atoms with Crippen molar-refractivity contribution in [2.75, 3.05) is 25.1 Å². The molecule has 0 saturated heterocycles. The van der Waals surface area contributed by atoms with Gasteiger partial charge in [0.25, 0.3) is 0 Å². The zero-order valence-corrected chi connectivity index (χ0v) is 15.2. The number of amides is 2. The Hall–Kier alpha value is -2.73. The summed E-state index contributed by atoms with van der Waals surface area (Å²) in [7, 11) is 0. The van der Waals surface area contributed by atoms with Crippen LogP contribution in [0.5, 0.6) is 5.75 Å². The first-order valence-corrected chi connectivity index (χ1v) is 8.68. The Morgan fingerprint density at radius 3 is 2.58 bits per heavy atom. The van der Waals surface area contributed by atoms with E-state index >= 15 is 0 Å². The summed E-state index contributed by atoms with van der Waals surface area (Å²) in [5, 5.41) is 5.92. The van der Waals surface area contributed by atoms with E-state index in [1.807, 2.05) is 12.1 Å². The third-order valence-electron chi connectivity index (χ3n) is 3.37. The van der Waals surface area contributed by atoms with E-state index in [0.29, 0.717) is 41.6 Å². The number of halogens is 1. The molecule has 0 aliphatic rings. The van der Waals surface area contributed by atoms with Crippen molar-refractivity contribution < 1.29 is 19.1 Å². The van der Waals surface area contributed by atoms with Crippen LogP contribution in [0, 0.1) is 0 Å². The fraction of sp³-hybridized carbons (Fsp3) is 0.263. The molecule has 0 atom stereocenters. The standard InChI is InChI=1S/C19H21ClN2O4/c1-2-25-18(23)14-8-3-5-10-16(14)22-19(24)21-12-7-13-26-17-11-6-4-9-15(17)20/h3-6,8-11H,2,7,12-13H2,1H3,(H2,21,22,24). The summed E-state index contributed by atoms with van der Waals surface area (Å²) in [5.41, 5.74) is 0.710. The molecule has 0 aromatic heterocycles. The molecule has 0 unspecified atom stereocenters. The molecule has 0 aliphatic carbocycles. The van der Waals surface area contributed by atoms with Gasteiger partial charge in [-0.2, -0.15) is 0 Å². The van der Waals surface area contributed by atoms with Gasteiger partial charge in [0.15, 0.2) is 0 Å². The van der Waals surface area contributed by atoms with Crippen LogP contribution in [0.4, 0.5) is 10.5 Å². The molecule has 0 aliphatic heterocycles. The van der Waals surface area contributed by atoms with Gasteiger partial charge in [-0.15, -0.1) is 0 Å². The molecule has 0 heterocycles. The molecule has 0 saturated carbocycles. The number of carbonyl (C=O) groups excluding carboxylic acids is 2. The smallest absolute Gasteiger partial charge is 0.340 e. The molecular weight excluding hydrogens is 356 g/mol. The SMILES string of the molecule is CCOC(=O)c1ccccc1NC(=O)NCCCOc1ccccc1Cl. The number of carbonyl (C=O) groups is 2. The Balaban J connectivity index is 1.76. The van der Waals surface area contributed by atoms with E-state index in [0.717, 1.165) is 0 Å². The van der Waals surface area contributed by atoms with Crippen LogP contribution in [-0.2, 0) is 4.74 Å². The molecule has 2 rings (SSSR count). The normalized spacial score (nSPS) is 10.1. The third-order valence-corrected chi connectivity index (χ3v) is 3.68. The van der Waals surface area contributed by atoms with Crippen molar-refractivity contribution in [3.05, 3.63) is 59.1 Å². The first-order chi connectivity index (χ1) is 12.6. The predicted molar refractivity (Wildman–Crippen MR) is 101 cm³/mol. The molecule has 2 amide bonds. The zero-order chi connectivity index (χ0) is 18.8. The fourth-order valence-corrected chi connectivity index (χ4v) is 2.35. The lowest BCUT2D eigenvalue weighted by atomic mass is 10.2. The number of rotatable bonds is 8. The van der Waals surface area contributed by atoms with Gasteiger partial charge in [0.2, 0.25) is 0 Å². The lowest BCUT2D eigenvalue weighted by molar-refractivity contribution is 0.0527. The predicted octanol–water partition coefficient (Wildman–Crippen LogP) is 4.11. The molecule has 0 fully saturated rings. The van der Waals surface area contributed by atoms with Gasteiger partial charge < -0.3 is 20.1 Å². The van der Waals surface area contributed by atoms with Crippen molar-refractivity contribution in [2.24, 2.45) is 0 Å².